The summed E-state index contributed by atoms with van der Waals surface area (Å²) < 4.78 is 15.6. The van der Waals surface area contributed by atoms with Crippen LogP contribution in [0.1, 0.15) is 22.7 Å². The first-order valence-electron chi connectivity index (χ1n) is 6.92. The van der Waals surface area contributed by atoms with Crippen molar-refractivity contribution in [2.75, 3.05) is 20.2 Å². The van der Waals surface area contributed by atoms with Gasteiger partial charge in [0.2, 0.25) is 11.8 Å². The molecule has 1 fully saturated rings. The van der Waals surface area contributed by atoms with Crippen LogP contribution in [0.25, 0.3) is 0 Å². The van der Waals surface area contributed by atoms with Crippen molar-refractivity contribution >= 4 is 5.91 Å². The molecule has 0 N–H and O–H groups in total. The van der Waals surface area contributed by atoms with E-state index < -0.39 is 0 Å². The summed E-state index contributed by atoms with van der Waals surface area (Å²) in [6, 6.07) is 5.00. The lowest BCUT2D eigenvalue weighted by molar-refractivity contribution is 0.0760. The Bertz CT molecular complexity index is 655. The Morgan fingerprint density at radius 1 is 1.36 bits per heavy atom. The third-order valence-corrected chi connectivity index (χ3v) is 3.39. The molecule has 1 atom stereocenters. The fourth-order valence-electron chi connectivity index (χ4n) is 2.29. The Kier molecular flexibility index (Phi) is 3.90. The van der Waals surface area contributed by atoms with Crippen molar-refractivity contribution in [3.05, 3.63) is 29.7 Å². The predicted octanol–water partition coefficient (Wildman–Crippen LogP) is 1.08. The van der Waals surface area contributed by atoms with Gasteiger partial charge in [0.05, 0.1) is 13.7 Å². The van der Waals surface area contributed by atoms with Crippen molar-refractivity contribution in [1.82, 2.24) is 20.3 Å². The zero-order chi connectivity index (χ0) is 15.5. The van der Waals surface area contributed by atoms with Gasteiger partial charge in [0.25, 0.3) is 5.91 Å². The molecule has 8 nitrogen and oxygen atoms in total. The molecule has 8 heteroatoms. The lowest BCUT2D eigenvalue weighted by Gasteiger charge is -2.15. The highest BCUT2D eigenvalue weighted by Gasteiger charge is 2.30. The Hall–Kier alpha value is -2.64. The van der Waals surface area contributed by atoms with E-state index in [1.807, 2.05) is 0 Å². The van der Waals surface area contributed by atoms with Crippen LogP contribution in [0.4, 0.5) is 0 Å². The minimum absolute atomic E-state index is 0.111. The van der Waals surface area contributed by atoms with E-state index >= 15 is 0 Å². The third kappa shape index (κ3) is 3.00. The zero-order valence-electron chi connectivity index (χ0n) is 12.4. The number of carbonyl (C=O) groups excluding carboxylic acids is 1. The molecule has 0 bridgehead atoms. The normalized spacial score (nSPS) is 17.5. The van der Waals surface area contributed by atoms with Crippen LogP contribution in [0.3, 0.4) is 0 Å². The minimum atomic E-state index is -0.149. The average molecular weight is 304 g/mol. The molecule has 0 radical (unpaired) electrons. The maximum atomic E-state index is 12.2. The van der Waals surface area contributed by atoms with E-state index in [0.29, 0.717) is 36.3 Å². The number of carbonyl (C=O) groups is 1. The van der Waals surface area contributed by atoms with Gasteiger partial charge in [0, 0.05) is 31.2 Å². The van der Waals surface area contributed by atoms with E-state index in [0.717, 1.165) is 6.42 Å². The minimum Gasteiger partial charge on any atom is -0.480 e. The number of ether oxygens (including phenoxy) is 2. The Labute approximate surface area is 127 Å². The Morgan fingerprint density at radius 2 is 2.14 bits per heavy atom. The maximum Gasteiger partial charge on any atom is 0.276 e. The second-order valence-electron chi connectivity index (χ2n) is 5.02. The van der Waals surface area contributed by atoms with Crippen molar-refractivity contribution in [1.29, 1.82) is 0 Å². The van der Waals surface area contributed by atoms with Crippen LogP contribution in [-0.4, -0.2) is 52.5 Å². The molecular weight excluding hydrogens is 288 g/mol. The van der Waals surface area contributed by atoms with Gasteiger partial charge in [-0.05, 0) is 6.92 Å². The van der Waals surface area contributed by atoms with E-state index in [1.54, 1.807) is 30.0 Å². The second kappa shape index (κ2) is 6.00. The Balaban J connectivity index is 1.58. The summed E-state index contributed by atoms with van der Waals surface area (Å²) in [5.74, 6) is 1.31. The summed E-state index contributed by atoms with van der Waals surface area (Å²) in [4.78, 5) is 13.9. The van der Waals surface area contributed by atoms with Gasteiger partial charge in [0.1, 0.15) is 11.9 Å². The lowest BCUT2D eigenvalue weighted by atomic mass is 10.3. The van der Waals surface area contributed by atoms with Crippen molar-refractivity contribution < 1.29 is 18.8 Å². The second-order valence-corrected chi connectivity index (χ2v) is 5.02. The van der Waals surface area contributed by atoms with Gasteiger partial charge in [-0.25, -0.2) is 0 Å². The van der Waals surface area contributed by atoms with Crippen LogP contribution >= 0.6 is 0 Å². The zero-order valence-corrected chi connectivity index (χ0v) is 12.4. The number of likely N-dealkylation sites (tertiary alicyclic amines) is 1. The number of rotatable bonds is 4. The number of amides is 1. The molecular formula is C14H16N4O4. The largest absolute Gasteiger partial charge is 0.480 e. The van der Waals surface area contributed by atoms with Crippen LogP contribution < -0.4 is 9.47 Å². The topological polar surface area (TPSA) is 90.6 Å². The fourth-order valence-corrected chi connectivity index (χ4v) is 2.29. The molecule has 1 amide bonds. The number of aryl methyl sites for hydroxylation is 1. The molecule has 3 rings (SSSR count). The molecule has 116 valence electrons. The van der Waals surface area contributed by atoms with E-state index in [-0.39, 0.29) is 12.0 Å². The molecule has 3 heterocycles. The average Bonchev–Trinajstić information content (AvgIpc) is 3.16. The van der Waals surface area contributed by atoms with E-state index in [9.17, 15) is 4.79 Å². The van der Waals surface area contributed by atoms with Gasteiger partial charge < -0.3 is 18.9 Å². The van der Waals surface area contributed by atoms with E-state index in [1.165, 1.54) is 7.11 Å². The standard InChI is InChI=1S/C14H16N4O4/c1-9-7-11(17-22-9)14(19)18-6-5-10(8-18)21-13-4-3-12(20-2)15-16-13/h3-4,7,10H,5-6,8H2,1-2H3. The van der Waals surface area contributed by atoms with Gasteiger partial charge in [-0.3, -0.25) is 4.79 Å². The van der Waals surface area contributed by atoms with Gasteiger partial charge in [-0.2, -0.15) is 0 Å². The SMILES string of the molecule is COc1ccc(OC2CCN(C(=O)c3cc(C)on3)C2)nn1. The number of hydrogen-bond acceptors (Lipinski definition) is 7. The molecule has 0 saturated carbocycles. The van der Waals surface area contributed by atoms with Gasteiger partial charge in [0.15, 0.2) is 5.69 Å². The number of methoxy groups -OCH3 is 1. The molecule has 0 spiro atoms. The molecule has 0 aromatic carbocycles. The van der Waals surface area contributed by atoms with E-state index in [2.05, 4.69) is 15.4 Å². The fraction of sp³-hybridized carbons (Fsp3) is 0.429. The molecule has 22 heavy (non-hydrogen) atoms. The monoisotopic (exact) mass is 304 g/mol. The first-order chi connectivity index (χ1) is 10.7. The van der Waals surface area contributed by atoms with Crippen LogP contribution in [-0.2, 0) is 0 Å². The first kappa shape index (κ1) is 14.3. The van der Waals surface area contributed by atoms with Crippen LogP contribution in [0.2, 0.25) is 0 Å². The van der Waals surface area contributed by atoms with Crippen LogP contribution in [0.15, 0.2) is 22.7 Å². The maximum absolute atomic E-state index is 12.2. The summed E-state index contributed by atoms with van der Waals surface area (Å²) in [7, 11) is 1.52. The summed E-state index contributed by atoms with van der Waals surface area (Å²) in [5, 5.41) is 11.5. The van der Waals surface area contributed by atoms with Crippen LogP contribution in [0, 0.1) is 6.92 Å². The third-order valence-electron chi connectivity index (χ3n) is 3.39. The molecule has 1 aliphatic heterocycles. The molecule has 2 aromatic rings. The molecule has 2 aromatic heterocycles. The summed E-state index contributed by atoms with van der Waals surface area (Å²) in [6.45, 7) is 2.85. The molecule has 1 aliphatic rings. The quantitative estimate of drug-likeness (QED) is 0.834. The highest BCUT2D eigenvalue weighted by molar-refractivity contribution is 5.92. The van der Waals surface area contributed by atoms with Crippen molar-refractivity contribution in [3.63, 3.8) is 0 Å². The highest BCUT2D eigenvalue weighted by atomic mass is 16.5. The highest BCUT2D eigenvalue weighted by Crippen LogP contribution is 2.19. The van der Waals surface area contributed by atoms with Crippen molar-refractivity contribution in [2.24, 2.45) is 0 Å². The summed E-state index contributed by atoms with van der Waals surface area (Å²) >= 11 is 0. The number of aromatic nitrogens is 3. The predicted molar refractivity (Wildman–Crippen MR) is 74.8 cm³/mol. The lowest BCUT2D eigenvalue weighted by Crippen LogP contribution is -2.31. The van der Waals surface area contributed by atoms with Crippen molar-refractivity contribution in [2.45, 2.75) is 19.4 Å². The van der Waals surface area contributed by atoms with E-state index in [4.69, 9.17) is 14.0 Å². The van der Waals surface area contributed by atoms with Gasteiger partial charge in [-0.1, -0.05) is 5.16 Å². The number of hydrogen-bond donors (Lipinski definition) is 0. The number of nitrogens with zero attached hydrogens (tertiary/aromatic N) is 4. The molecule has 1 unspecified atom stereocenters. The van der Waals surface area contributed by atoms with Gasteiger partial charge in [-0.15, -0.1) is 10.2 Å². The Morgan fingerprint density at radius 3 is 2.77 bits per heavy atom. The van der Waals surface area contributed by atoms with Gasteiger partial charge >= 0.3 is 0 Å². The molecule has 1 saturated heterocycles. The summed E-state index contributed by atoms with van der Waals surface area (Å²) in [6.07, 6.45) is 0.621. The first-order valence-corrected chi connectivity index (χ1v) is 6.92. The van der Waals surface area contributed by atoms with Crippen molar-refractivity contribution in [3.8, 4) is 11.8 Å². The van der Waals surface area contributed by atoms with Crippen LogP contribution in [0.5, 0.6) is 11.8 Å². The molecule has 0 aliphatic carbocycles. The smallest absolute Gasteiger partial charge is 0.276 e. The summed E-state index contributed by atoms with van der Waals surface area (Å²) in [5.41, 5.74) is 0.322.